The molecule has 0 aliphatic carbocycles. The van der Waals surface area contributed by atoms with Crippen LogP contribution in [0.5, 0.6) is 0 Å². The number of hydrogen-bond acceptors (Lipinski definition) is 4. The summed E-state index contributed by atoms with van der Waals surface area (Å²) >= 11 is 1.66. The quantitative estimate of drug-likeness (QED) is 0.640. The Morgan fingerprint density at radius 1 is 1.91 bits per heavy atom. The largest absolute Gasteiger partial charge is 0.357 e. The second kappa shape index (κ2) is 2.79. The molecule has 1 saturated heterocycles. The van der Waals surface area contributed by atoms with Crippen LogP contribution in [0.2, 0.25) is 0 Å². The zero-order valence-corrected chi connectivity index (χ0v) is 7.17. The van der Waals surface area contributed by atoms with E-state index in [1.165, 1.54) is 0 Å². The fourth-order valence-electron chi connectivity index (χ4n) is 1.02. The average Bonchev–Trinajstić information content (AvgIpc) is 2.61. The third-order valence-electron chi connectivity index (χ3n) is 1.59. The molecule has 2 rings (SSSR count). The first-order chi connectivity index (χ1) is 5.42. The number of aromatic nitrogens is 1. The topological polar surface area (TPSA) is 25.1 Å². The maximum absolute atomic E-state index is 5.38. The van der Waals surface area contributed by atoms with Gasteiger partial charge in [-0.1, -0.05) is 0 Å². The molecule has 1 fully saturated rings. The fourth-order valence-corrected chi connectivity index (χ4v) is 1.71. The Morgan fingerprint density at radius 2 is 2.82 bits per heavy atom. The van der Waals surface area contributed by atoms with Gasteiger partial charge in [0.1, 0.15) is 6.23 Å². The van der Waals surface area contributed by atoms with Gasteiger partial charge in [-0.2, -0.15) is 0 Å². The van der Waals surface area contributed by atoms with E-state index in [0.717, 1.165) is 18.3 Å². The van der Waals surface area contributed by atoms with Gasteiger partial charge in [0.2, 0.25) is 0 Å². The summed E-state index contributed by atoms with van der Waals surface area (Å²) in [7, 11) is 0. The monoisotopic (exact) mass is 170 g/mol. The van der Waals surface area contributed by atoms with Crippen LogP contribution in [0.25, 0.3) is 0 Å². The van der Waals surface area contributed by atoms with Gasteiger partial charge in [-0.25, -0.2) is 4.98 Å². The molecule has 11 heavy (non-hydrogen) atoms. The third-order valence-corrected chi connectivity index (χ3v) is 2.40. The Kier molecular flexibility index (Phi) is 1.79. The minimum Gasteiger partial charge on any atom is -0.357 e. The predicted octanol–water partition coefficient (Wildman–Crippen LogP) is 1.33. The molecule has 2 heterocycles. The van der Waals surface area contributed by atoms with Gasteiger partial charge in [-0.15, -0.1) is 11.3 Å². The number of ether oxygens (including phenoxy) is 1. The molecule has 1 unspecified atom stereocenters. The van der Waals surface area contributed by atoms with Crippen LogP contribution in [0.1, 0.15) is 6.92 Å². The number of hydrogen-bond donors (Lipinski definition) is 0. The molecule has 0 bridgehead atoms. The first-order valence-electron chi connectivity index (χ1n) is 3.69. The van der Waals surface area contributed by atoms with Gasteiger partial charge >= 0.3 is 0 Å². The lowest BCUT2D eigenvalue weighted by Crippen LogP contribution is -2.02. The van der Waals surface area contributed by atoms with Crippen molar-refractivity contribution in [2.75, 3.05) is 18.1 Å². The molecule has 1 aliphatic rings. The van der Waals surface area contributed by atoms with Gasteiger partial charge in [0.25, 0.3) is 0 Å². The van der Waals surface area contributed by atoms with Gasteiger partial charge in [-0.3, -0.25) is 0 Å². The van der Waals surface area contributed by atoms with Crippen molar-refractivity contribution in [1.29, 1.82) is 0 Å². The Labute approximate surface area is 69.6 Å². The minimum atomic E-state index is 0.297. The van der Waals surface area contributed by atoms with Crippen LogP contribution in [0.15, 0.2) is 11.6 Å². The summed E-state index contributed by atoms with van der Waals surface area (Å²) in [5.74, 6) is 0. The highest BCUT2D eigenvalue weighted by Gasteiger charge is 2.36. The molecule has 0 radical (unpaired) electrons. The van der Waals surface area contributed by atoms with Crippen LogP contribution in [0, 0.1) is 0 Å². The van der Waals surface area contributed by atoms with E-state index in [2.05, 4.69) is 9.88 Å². The third kappa shape index (κ3) is 1.36. The van der Waals surface area contributed by atoms with E-state index in [4.69, 9.17) is 4.74 Å². The van der Waals surface area contributed by atoms with Crippen molar-refractivity contribution in [3.8, 4) is 0 Å². The highest BCUT2D eigenvalue weighted by Crippen LogP contribution is 2.29. The molecular formula is C7H10N2OS. The van der Waals surface area contributed by atoms with Crippen molar-refractivity contribution in [1.82, 2.24) is 4.98 Å². The minimum absolute atomic E-state index is 0.297. The predicted molar refractivity (Wildman–Crippen MR) is 44.9 cm³/mol. The van der Waals surface area contributed by atoms with E-state index in [1.54, 1.807) is 11.3 Å². The van der Waals surface area contributed by atoms with Gasteiger partial charge in [0.15, 0.2) is 5.13 Å². The van der Waals surface area contributed by atoms with Crippen LogP contribution in [0.3, 0.4) is 0 Å². The first kappa shape index (κ1) is 7.06. The summed E-state index contributed by atoms with van der Waals surface area (Å²) in [6, 6.07) is 0. The molecule has 1 aromatic rings. The van der Waals surface area contributed by atoms with Crippen molar-refractivity contribution in [3.05, 3.63) is 11.6 Å². The van der Waals surface area contributed by atoms with Crippen LogP contribution < -0.4 is 4.90 Å². The first-order valence-corrected chi connectivity index (χ1v) is 4.57. The molecular weight excluding hydrogens is 160 g/mol. The summed E-state index contributed by atoms with van der Waals surface area (Å²) in [5, 5.41) is 3.06. The Hall–Kier alpha value is -0.610. The molecule has 4 heteroatoms. The smallest absolute Gasteiger partial charge is 0.187 e. The van der Waals surface area contributed by atoms with Crippen LogP contribution >= 0.6 is 11.3 Å². The van der Waals surface area contributed by atoms with E-state index in [9.17, 15) is 0 Å². The van der Waals surface area contributed by atoms with Gasteiger partial charge in [0.05, 0.1) is 6.54 Å². The maximum Gasteiger partial charge on any atom is 0.187 e. The van der Waals surface area contributed by atoms with Gasteiger partial charge in [0, 0.05) is 18.2 Å². The second-order valence-electron chi connectivity index (χ2n) is 2.38. The van der Waals surface area contributed by atoms with Crippen LogP contribution in [-0.4, -0.2) is 24.4 Å². The van der Waals surface area contributed by atoms with E-state index in [-0.39, 0.29) is 0 Å². The zero-order chi connectivity index (χ0) is 7.68. The lowest BCUT2D eigenvalue weighted by atomic mass is 10.8. The van der Waals surface area contributed by atoms with Crippen LogP contribution in [-0.2, 0) is 4.74 Å². The van der Waals surface area contributed by atoms with E-state index in [0.29, 0.717) is 6.23 Å². The van der Waals surface area contributed by atoms with E-state index < -0.39 is 0 Å². The second-order valence-corrected chi connectivity index (χ2v) is 3.25. The van der Waals surface area contributed by atoms with Crippen molar-refractivity contribution in [2.24, 2.45) is 0 Å². The molecule has 0 N–H and O–H groups in total. The molecule has 0 aromatic carbocycles. The molecule has 1 aromatic heterocycles. The summed E-state index contributed by atoms with van der Waals surface area (Å²) in [6.45, 7) is 3.80. The lowest BCUT2D eigenvalue weighted by molar-refractivity contribution is 0.136. The van der Waals surface area contributed by atoms with Gasteiger partial charge in [-0.05, 0) is 6.92 Å². The highest BCUT2D eigenvalue weighted by atomic mass is 32.1. The Balaban J connectivity index is 1.92. The normalized spacial score (nSPS) is 22.3. The van der Waals surface area contributed by atoms with Crippen molar-refractivity contribution >= 4 is 16.5 Å². The Morgan fingerprint density at radius 3 is 3.45 bits per heavy atom. The standard InChI is InChI=1S/C7H10N2OS/c1-2-10-6-5-9(6)7-8-3-4-11-7/h3-4,6H,2,5H2,1H3. The number of thiazole rings is 1. The SMILES string of the molecule is CCOC1CN1c1nccs1. The molecule has 1 aliphatic heterocycles. The summed E-state index contributed by atoms with van der Waals surface area (Å²) in [4.78, 5) is 6.32. The van der Waals surface area contributed by atoms with E-state index >= 15 is 0 Å². The molecule has 0 amide bonds. The number of nitrogens with zero attached hydrogens (tertiary/aromatic N) is 2. The van der Waals surface area contributed by atoms with Crippen molar-refractivity contribution in [2.45, 2.75) is 13.2 Å². The van der Waals surface area contributed by atoms with Crippen LogP contribution in [0.4, 0.5) is 5.13 Å². The Bertz CT molecular complexity index is 224. The van der Waals surface area contributed by atoms with Crippen molar-refractivity contribution in [3.63, 3.8) is 0 Å². The summed E-state index contributed by atoms with van der Waals surface area (Å²) in [6.07, 6.45) is 2.12. The van der Waals surface area contributed by atoms with Crippen molar-refractivity contribution < 1.29 is 4.74 Å². The summed E-state index contributed by atoms with van der Waals surface area (Å²) < 4.78 is 5.38. The summed E-state index contributed by atoms with van der Waals surface area (Å²) in [5.41, 5.74) is 0. The zero-order valence-electron chi connectivity index (χ0n) is 6.36. The molecule has 1 atom stereocenters. The lowest BCUT2D eigenvalue weighted by Gasteiger charge is -1.98. The number of anilines is 1. The van der Waals surface area contributed by atoms with E-state index in [1.807, 2.05) is 18.5 Å². The molecule has 3 nitrogen and oxygen atoms in total. The highest BCUT2D eigenvalue weighted by molar-refractivity contribution is 7.13. The van der Waals surface area contributed by atoms with Gasteiger partial charge < -0.3 is 9.64 Å². The molecule has 0 spiro atoms. The number of rotatable bonds is 3. The fraction of sp³-hybridized carbons (Fsp3) is 0.571. The average molecular weight is 170 g/mol. The maximum atomic E-state index is 5.38. The molecule has 0 saturated carbocycles. The molecule has 60 valence electrons.